The molecule has 0 unspecified atom stereocenters. The number of aryl methyl sites for hydroxylation is 1. The third-order valence-corrected chi connectivity index (χ3v) is 2.92. The molecule has 4 heteroatoms. The predicted molar refractivity (Wildman–Crippen MR) is 79.3 cm³/mol. The number of nitrogens with one attached hydrogen (secondary N) is 2. The second kappa shape index (κ2) is 6.70. The lowest BCUT2D eigenvalue weighted by molar-refractivity contribution is -0.114. The van der Waals surface area contributed by atoms with Gasteiger partial charge in [-0.1, -0.05) is 19.1 Å². The smallest absolute Gasteiger partial charge is 0.243 e. The summed E-state index contributed by atoms with van der Waals surface area (Å²) in [5.74, 6) is -0.432. The standard InChI is InChI=1S/C16H17FN2O/c1-2-12-4-3-5-15(10-12)19-16(20)11-18-14-8-6-13(17)7-9-14/h3-10,18H,2,11H2,1H3,(H,19,20). The van der Waals surface area contributed by atoms with Gasteiger partial charge in [-0.25, -0.2) is 4.39 Å². The number of hydrogen-bond acceptors (Lipinski definition) is 2. The molecular formula is C16H17FN2O. The van der Waals surface area contributed by atoms with E-state index in [-0.39, 0.29) is 18.3 Å². The Morgan fingerprint density at radius 2 is 1.85 bits per heavy atom. The van der Waals surface area contributed by atoms with E-state index in [2.05, 4.69) is 17.6 Å². The van der Waals surface area contributed by atoms with Gasteiger partial charge in [0.15, 0.2) is 0 Å². The van der Waals surface area contributed by atoms with E-state index < -0.39 is 0 Å². The molecule has 0 heterocycles. The summed E-state index contributed by atoms with van der Waals surface area (Å²) in [6, 6.07) is 13.6. The average molecular weight is 272 g/mol. The molecule has 0 aliphatic carbocycles. The lowest BCUT2D eigenvalue weighted by atomic mass is 10.1. The van der Waals surface area contributed by atoms with Crippen LogP contribution in [-0.4, -0.2) is 12.5 Å². The molecule has 0 spiro atoms. The maximum atomic E-state index is 12.7. The first-order valence-electron chi connectivity index (χ1n) is 6.55. The van der Waals surface area contributed by atoms with Crippen LogP contribution in [0.15, 0.2) is 48.5 Å². The van der Waals surface area contributed by atoms with E-state index in [0.29, 0.717) is 5.69 Å². The number of rotatable bonds is 5. The van der Waals surface area contributed by atoms with Gasteiger partial charge in [-0.05, 0) is 48.4 Å². The average Bonchev–Trinajstić information content (AvgIpc) is 2.47. The Morgan fingerprint density at radius 1 is 1.10 bits per heavy atom. The molecular weight excluding hydrogens is 255 g/mol. The Balaban J connectivity index is 1.87. The first-order chi connectivity index (χ1) is 9.67. The van der Waals surface area contributed by atoms with Gasteiger partial charge in [0.25, 0.3) is 0 Å². The molecule has 104 valence electrons. The normalized spacial score (nSPS) is 10.1. The summed E-state index contributed by atoms with van der Waals surface area (Å²) in [7, 11) is 0. The molecule has 0 saturated carbocycles. The van der Waals surface area contributed by atoms with Crippen LogP contribution >= 0.6 is 0 Å². The van der Waals surface area contributed by atoms with Crippen LogP contribution in [0, 0.1) is 5.82 Å². The zero-order chi connectivity index (χ0) is 14.4. The van der Waals surface area contributed by atoms with Crippen molar-refractivity contribution in [1.82, 2.24) is 0 Å². The first kappa shape index (κ1) is 14.1. The van der Waals surface area contributed by atoms with Gasteiger partial charge in [0.2, 0.25) is 5.91 Å². The van der Waals surface area contributed by atoms with E-state index >= 15 is 0 Å². The minimum absolute atomic E-state index is 0.137. The van der Waals surface area contributed by atoms with Crippen molar-refractivity contribution in [3.8, 4) is 0 Å². The predicted octanol–water partition coefficient (Wildman–Crippen LogP) is 3.44. The molecule has 0 atom stereocenters. The highest BCUT2D eigenvalue weighted by Gasteiger charge is 2.03. The molecule has 20 heavy (non-hydrogen) atoms. The molecule has 0 aliphatic heterocycles. The number of benzene rings is 2. The molecule has 2 N–H and O–H groups in total. The number of anilines is 2. The monoisotopic (exact) mass is 272 g/mol. The third kappa shape index (κ3) is 4.09. The molecule has 2 aromatic carbocycles. The minimum Gasteiger partial charge on any atom is -0.376 e. The van der Waals surface area contributed by atoms with Gasteiger partial charge in [-0.15, -0.1) is 0 Å². The van der Waals surface area contributed by atoms with Crippen molar-refractivity contribution < 1.29 is 9.18 Å². The summed E-state index contributed by atoms with van der Waals surface area (Å²) in [4.78, 5) is 11.8. The number of hydrogen-bond donors (Lipinski definition) is 2. The summed E-state index contributed by atoms with van der Waals surface area (Å²) in [6.07, 6.45) is 0.928. The van der Waals surface area contributed by atoms with Crippen LogP contribution in [0.3, 0.4) is 0 Å². The third-order valence-electron chi connectivity index (χ3n) is 2.92. The second-order valence-electron chi connectivity index (χ2n) is 4.46. The van der Waals surface area contributed by atoms with E-state index in [9.17, 15) is 9.18 Å². The molecule has 3 nitrogen and oxygen atoms in total. The molecule has 2 rings (SSSR count). The van der Waals surface area contributed by atoms with E-state index in [4.69, 9.17) is 0 Å². The summed E-state index contributed by atoms with van der Waals surface area (Å²) in [6.45, 7) is 2.21. The topological polar surface area (TPSA) is 41.1 Å². The maximum absolute atomic E-state index is 12.7. The minimum atomic E-state index is -0.295. The van der Waals surface area contributed by atoms with Gasteiger partial charge in [0, 0.05) is 11.4 Å². The summed E-state index contributed by atoms with van der Waals surface area (Å²) in [5, 5.41) is 5.76. The largest absolute Gasteiger partial charge is 0.376 e. The molecule has 0 fully saturated rings. The SMILES string of the molecule is CCc1cccc(NC(=O)CNc2ccc(F)cc2)c1. The summed E-state index contributed by atoms with van der Waals surface area (Å²) >= 11 is 0. The molecule has 2 aromatic rings. The molecule has 0 radical (unpaired) electrons. The van der Waals surface area contributed by atoms with E-state index in [1.165, 1.54) is 17.7 Å². The Hall–Kier alpha value is -2.36. The number of carbonyl (C=O) groups is 1. The fourth-order valence-electron chi connectivity index (χ4n) is 1.82. The Labute approximate surface area is 117 Å². The number of amides is 1. The fraction of sp³-hybridized carbons (Fsp3) is 0.188. The van der Waals surface area contributed by atoms with Crippen LogP contribution < -0.4 is 10.6 Å². The number of carbonyl (C=O) groups excluding carboxylic acids is 1. The van der Waals surface area contributed by atoms with Crippen LogP contribution in [-0.2, 0) is 11.2 Å². The molecule has 0 bridgehead atoms. The van der Waals surface area contributed by atoms with Crippen molar-refractivity contribution in [2.45, 2.75) is 13.3 Å². The van der Waals surface area contributed by atoms with Crippen molar-refractivity contribution >= 4 is 17.3 Å². The zero-order valence-corrected chi connectivity index (χ0v) is 11.3. The summed E-state index contributed by atoms with van der Waals surface area (Å²) in [5.41, 5.74) is 2.67. The Morgan fingerprint density at radius 3 is 2.55 bits per heavy atom. The van der Waals surface area contributed by atoms with E-state index in [0.717, 1.165) is 12.1 Å². The Bertz CT molecular complexity index is 581. The van der Waals surface area contributed by atoms with Crippen LogP contribution in [0.25, 0.3) is 0 Å². The van der Waals surface area contributed by atoms with Crippen LogP contribution in [0.5, 0.6) is 0 Å². The van der Waals surface area contributed by atoms with Gasteiger partial charge in [0.1, 0.15) is 5.82 Å². The molecule has 0 aliphatic rings. The molecule has 0 saturated heterocycles. The van der Waals surface area contributed by atoms with Gasteiger partial charge in [-0.3, -0.25) is 4.79 Å². The highest BCUT2D eigenvalue weighted by Crippen LogP contribution is 2.11. The van der Waals surface area contributed by atoms with Crippen LogP contribution in [0.2, 0.25) is 0 Å². The summed E-state index contributed by atoms with van der Waals surface area (Å²) < 4.78 is 12.7. The van der Waals surface area contributed by atoms with Crippen molar-refractivity contribution in [3.05, 3.63) is 59.9 Å². The Kier molecular flexibility index (Phi) is 4.71. The molecule has 0 aromatic heterocycles. The van der Waals surface area contributed by atoms with Gasteiger partial charge < -0.3 is 10.6 Å². The van der Waals surface area contributed by atoms with Gasteiger partial charge in [-0.2, -0.15) is 0 Å². The van der Waals surface area contributed by atoms with Crippen molar-refractivity contribution in [2.24, 2.45) is 0 Å². The highest BCUT2D eigenvalue weighted by molar-refractivity contribution is 5.93. The molecule has 1 amide bonds. The number of halogens is 1. The van der Waals surface area contributed by atoms with Crippen molar-refractivity contribution in [2.75, 3.05) is 17.2 Å². The highest BCUT2D eigenvalue weighted by atomic mass is 19.1. The quantitative estimate of drug-likeness (QED) is 0.875. The van der Waals surface area contributed by atoms with Crippen LogP contribution in [0.4, 0.5) is 15.8 Å². The zero-order valence-electron chi connectivity index (χ0n) is 11.3. The van der Waals surface area contributed by atoms with Gasteiger partial charge >= 0.3 is 0 Å². The van der Waals surface area contributed by atoms with Gasteiger partial charge in [0.05, 0.1) is 6.54 Å². The fourth-order valence-corrected chi connectivity index (χ4v) is 1.82. The van der Waals surface area contributed by atoms with E-state index in [1.807, 2.05) is 24.3 Å². The first-order valence-corrected chi connectivity index (χ1v) is 6.55. The van der Waals surface area contributed by atoms with Crippen molar-refractivity contribution in [3.63, 3.8) is 0 Å². The maximum Gasteiger partial charge on any atom is 0.243 e. The second-order valence-corrected chi connectivity index (χ2v) is 4.46. The van der Waals surface area contributed by atoms with E-state index in [1.54, 1.807) is 12.1 Å². The lowest BCUT2D eigenvalue weighted by Crippen LogP contribution is -2.21. The van der Waals surface area contributed by atoms with Crippen molar-refractivity contribution in [1.29, 1.82) is 0 Å². The van der Waals surface area contributed by atoms with Crippen LogP contribution in [0.1, 0.15) is 12.5 Å². The lowest BCUT2D eigenvalue weighted by Gasteiger charge is -2.08.